The lowest BCUT2D eigenvalue weighted by molar-refractivity contribution is -0.117. The summed E-state index contributed by atoms with van der Waals surface area (Å²) in [5.74, 6) is 0.0718. The van der Waals surface area contributed by atoms with Crippen molar-refractivity contribution in [2.75, 3.05) is 10.6 Å². The molecule has 0 saturated carbocycles. The molecule has 2 heterocycles. The third-order valence-electron chi connectivity index (χ3n) is 6.92. The van der Waals surface area contributed by atoms with E-state index in [1.807, 2.05) is 30.3 Å². The second kappa shape index (κ2) is 12.2. The van der Waals surface area contributed by atoms with E-state index in [4.69, 9.17) is 16.6 Å². The predicted octanol–water partition coefficient (Wildman–Crippen LogP) is 5.84. The molecule has 1 aromatic heterocycles. The van der Waals surface area contributed by atoms with Crippen molar-refractivity contribution in [3.8, 4) is 0 Å². The lowest BCUT2D eigenvalue weighted by Crippen LogP contribution is -2.27. The maximum absolute atomic E-state index is 13.4. The zero-order valence-electron chi connectivity index (χ0n) is 22.4. The van der Waals surface area contributed by atoms with E-state index in [0.717, 1.165) is 29.5 Å². The lowest BCUT2D eigenvalue weighted by Gasteiger charge is -2.14. The van der Waals surface area contributed by atoms with Crippen LogP contribution >= 0.6 is 11.6 Å². The largest absolute Gasteiger partial charge is 0.326 e. The molecule has 0 spiro atoms. The van der Waals surface area contributed by atoms with E-state index in [1.165, 1.54) is 11.1 Å². The fourth-order valence-electron chi connectivity index (χ4n) is 4.88. The zero-order chi connectivity index (χ0) is 28.1. The predicted molar refractivity (Wildman–Crippen MR) is 159 cm³/mol. The molecule has 8 heteroatoms. The third-order valence-corrected chi connectivity index (χ3v) is 7.16. The first-order chi connectivity index (χ1) is 19.4. The van der Waals surface area contributed by atoms with Crippen LogP contribution in [0.4, 0.5) is 11.4 Å². The van der Waals surface area contributed by atoms with Gasteiger partial charge in [0.2, 0.25) is 11.8 Å². The van der Waals surface area contributed by atoms with Crippen LogP contribution in [-0.4, -0.2) is 33.5 Å². The van der Waals surface area contributed by atoms with Gasteiger partial charge in [0.1, 0.15) is 11.9 Å². The Morgan fingerprint density at radius 1 is 0.950 bits per heavy atom. The third kappa shape index (κ3) is 6.26. The second-order valence-corrected chi connectivity index (χ2v) is 10.1. The van der Waals surface area contributed by atoms with Gasteiger partial charge in [-0.15, -0.1) is 0 Å². The highest BCUT2D eigenvalue weighted by Crippen LogP contribution is 2.29. The van der Waals surface area contributed by atoms with Crippen molar-refractivity contribution in [2.45, 2.75) is 45.6 Å². The minimum absolute atomic E-state index is 0.0812. The molecular weight excluding hydrogens is 522 g/mol. The normalized spacial score (nSPS) is 14.5. The highest BCUT2D eigenvalue weighted by molar-refractivity contribution is 6.31. The van der Waals surface area contributed by atoms with Gasteiger partial charge in [-0.2, -0.15) is 0 Å². The van der Waals surface area contributed by atoms with Crippen molar-refractivity contribution < 1.29 is 9.59 Å². The van der Waals surface area contributed by atoms with Gasteiger partial charge in [-0.05, 0) is 65.9 Å². The number of nitrogens with one attached hydrogen (secondary N) is 2. The molecule has 0 radical (unpaired) electrons. The van der Waals surface area contributed by atoms with Gasteiger partial charge in [0.05, 0.1) is 17.8 Å². The monoisotopic (exact) mass is 551 g/mol. The number of carbonyl (C=O) groups excluding carboxylic acids is 2. The Kier molecular flexibility index (Phi) is 8.31. The number of hydrogen-bond donors (Lipinski definition) is 2. The Bertz CT molecular complexity index is 1570. The number of aliphatic imine (C=N–C) groups is 1. The average molecular weight is 552 g/mol. The first-order valence-electron chi connectivity index (χ1n) is 13.4. The minimum Gasteiger partial charge on any atom is -0.326 e. The van der Waals surface area contributed by atoms with E-state index in [9.17, 15) is 9.59 Å². The molecule has 1 aliphatic heterocycles. The fraction of sp³-hybridized carbons (Fsp3) is 0.219. The highest BCUT2D eigenvalue weighted by Gasteiger charge is 2.26. The molecule has 0 bridgehead atoms. The topological polar surface area (TPSA) is 96.3 Å². The van der Waals surface area contributed by atoms with Gasteiger partial charge < -0.3 is 10.6 Å². The Balaban J connectivity index is 1.44. The second-order valence-electron chi connectivity index (χ2n) is 9.65. The van der Waals surface area contributed by atoms with Gasteiger partial charge in [0, 0.05) is 40.7 Å². The number of nitrogens with zero attached hydrogens (tertiary/aromatic N) is 3. The molecule has 2 N–H and O–H groups in total. The summed E-state index contributed by atoms with van der Waals surface area (Å²) >= 11 is 6.29. The van der Waals surface area contributed by atoms with Crippen LogP contribution in [0.5, 0.6) is 0 Å². The Labute approximate surface area is 238 Å². The Morgan fingerprint density at radius 2 is 1.70 bits per heavy atom. The van der Waals surface area contributed by atoms with Gasteiger partial charge in [-0.3, -0.25) is 14.6 Å². The van der Waals surface area contributed by atoms with E-state index in [2.05, 4.69) is 52.6 Å². The van der Waals surface area contributed by atoms with E-state index in [1.54, 1.807) is 30.6 Å². The summed E-state index contributed by atoms with van der Waals surface area (Å²) in [5, 5.41) is 6.45. The smallest absolute Gasteiger partial charge is 0.249 e. The van der Waals surface area contributed by atoms with Crippen LogP contribution in [0.1, 0.15) is 47.5 Å². The van der Waals surface area contributed by atoms with Crippen LogP contribution in [0.25, 0.3) is 0 Å². The van der Waals surface area contributed by atoms with Gasteiger partial charge >= 0.3 is 0 Å². The Morgan fingerprint density at radius 3 is 2.42 bits per heavy atom. The highest BCUT2D eigenvalue weighted by atomic mass is 35.5. The molecule has 202 valence electrons. The summed E-state index contributed by atoms with van der Waals surface area (Å²) < 4.78 is 0. The number of halogens is 1. The molecule has 40 heavy (non-hydrogen) atoms. The first-order valence-corrected chi connectivity index (χ1v) is 13.8. The molecule has 5 rings (SSSR count). The standard InChI is InChI=1S/C32H30ClN5O2/c1-3-21-7-6-20(16-22(21)4-2)17-28-32(40)38-27-18-24(33)10-13-26(27)31(37-28)23-8-11-25(12-9-23)36-30(39)19-29-34-14-5-15-35-29/h5-16,18,28H,3-4,17,19H2,1-2H3,(H,36,39)(H,38,40). The van der Waals surface area contributed by atoms with Gasteiger partial charge in [-0.1, -0.05) is 55.8 Å². The molecular formula is C32H30ClN5O2. The van der Waals surface area contributed by atoms with E-state index in [-0.39, 0.29) is 18.2 Å². The zero-order valence-corrected chi connectivity index (χ0v) is 23.2. The molecule has 7 nitrogen and oxygen atoms in total. The molecule has 0 aliphatic carbocycles. The van der Waals surface area contributed by atoms with E-state index in [0.29, 0.717) is 34.4 Å². The molecule has 0 fully saturated rings. The Hall–Kier alpha value is -4.36. The molecule has 0 saturated heterocycles. The van der Waals surface area contributed by atoms with Crippen molar-refractivity contribution >= 4 is 40.5 Å². The summed E-state index contributed by atoms with van der Waals surface area (Å²) in [6.07, 6.45) is 5.69. The number of aryl methyl sites for hydroxylation is 2. The SMILES string of the molecule is CCc1ccc(CC2N=C(c3ccc(NC(=O)Cc4ncccn4)cc3)c3ccc(Cl)cc3NC2=O)cc1CC. The van der Waals surface area contributed by atoms with Crippen molar-refractivity contribution in [1.82, 2.24) is 9.97 Å². The van der Waals surface area contributed by atoms with Crippen molar-refractivity contribution in [3.63, 3.8) is 0 Å². The van der Waals surface area contributed by atoms with E-state index < -0.39 is 6.04 Å². The van der Waals surface area contributed by atoms with Gasteiger partial charge in [0.25, 0.3) is 0 Å². The number of hydrogen-bond acceptors (Lipinski definition) is 5. The number of benzene rings is 3. The molecule has 1 unspecified atom stereocenters. The number of aromatic nitrogens is 2. The van der Waals surface area contributed by atoms with Crippen LogP contribution in [-0.2, 0) is 35.3 Å². The number of rotatable bonds is 8. The maximum Gasteiger partial charge on any atom is 0.249 e. The lowest BCUT2D eigenvalue weighted by atomic mass is 9.96. The summed E-state index contributed by atoms with van der Waals surface area (Å²) in [6, 6.07) is 20.4. The average Bonchev–Trinajstić information content (AvgIpc) is 3.09. The number of benzodiazepines with no additional fused rings is 1. The summed E-state index contributed by atoms with van der Waals surface area (Å²) in [5.41, 5.74) is 7.25. The summed E-state index contributed by atoms with van der Waals surface area (Å²) in [4.78, 5) is 39.0. The summed E-state index contributed by atoms with van der Waals surface area (Å²) in [7, 11) is 0. The number of amides is 2. The van der Waals surface area contributed by atoms with Crippen molar-refractivity contribution in [2.24, 2.45) is 4.99 Å². The minimum atomic E-state index is -0.622. The van der Waals surface area contributed by atoms with E-state index >= 15 is 0 Å². The van der Waals surface area contributed by atoms with Crippen LogP contribution in [0.2, 0.25) is 5.02 Å². The fourth-order valence-corrected chi connectivity index (χ4v) is 5.05. The molecule has 1 aliphatic rings. The van der Waals surface area contributed by atoms with Gasteiger partial charge in [0.15, 0.2) is 0 Å². The maximum atomic E-state index is 13.4. The molecule has 4 aromatic rings. The first kappa shape index (κ1) is 27.2. The summed E-state index contributed by atoms with van der Waals surface area (Å²) in [6.45, 7) is 4.30. The number of carbonyl (C=O) groups is 2. The van der Waals surface area contributed by atoms with Crippen LogP contribution in [0, 0.1) is 0 Å². The van der Waals surface area contributed by atoms with Crippen molar-refractivity contribution in [3.05, 3.63) is 118 Å². The molecule has 1 atom stereocenters. The van der Waals surface area contributed by atoms with Crippen LogP contribution < -0.4 is 10.6 Å². The van der Waals surface area contributed by atoms with Crippen LogP contribution in [0.15, 0.2) is 84.1 Å². The van der Waals surface area contributed by atoms with Crippen LogP contribution in [0.3, 0.4) is 0 Å². The number of anilines is 2. The number of fused-ring (bicyclic) bond motifs is 1. The van der Waals surface area contributed by atoms with Crippen molar-refractivity contribution in [1.29, 1.82) is 0 Å². The quantitative estimate of drug-likeness (QED) is 0.288. The molecule has 2 amide bonds. The molecule has 3 aromatic carbocycles. The van der Waals surface area contributed by atoms with Gasteiger partial charge in [-0.25, -0.2) is 9.97 Å².